The maximum Gasteiger partial charge on any atom is 0.433 e. The molecule has 0 bridgehead atoms. The standard InChI is InChI=1S/C14H11F3N2/c15-14(16,17)13-11-6-5-9-3-1-2-4-10(9)12(11)18-7-8-19-13/h1-6,18H,7-8H2. The summed E-state index contributed by atoms with van der Waals surface area (Å²) in [5, 5.41) is 4.76. The number of benzene rings is 2. The molecule has 0 saturated heterocycles. The van der Waals surface area contributed by atoms with Crippen LogP contribution in [0.5, 0.6) is 0 Å². The first-order chi connectivity index (χ1) is 9.07. The molecule has 0 radical (unpaired) electrons. The molecule has 0 aliphatic carbocycles. The number of halogens is 3. The number of hydrogen-bond donors (Lipinski definition) is 1. The molecule has 0 atom stereocenters. The molecule has 1 aliphatic heterocycles. The Bertz CT molecular complexity index is 659. The van der Waals surface area contributed by atoms with Crippen molar-refractivity contribution in [3.05, 3.63) is 42.0 Å². The third kappa shape index (κ3) is 2.05. The quantitative estimate of drug-likeness (QED) is 0.772. The zero-order chi connectivity index (χ0) is 13.5. The molecule has 98 valence electrons. The summed E-state index contributed by atoms with van der Waals surface area (Å²) in [6, 6.07) is 10.6. The first-order valence-corrected chi connectivity index (χ1v) is 5.95. The Balaban J connectivity index is 2.29. The summed E-state index contributed by atoms with van der Waals surface area (Å²) in [7, 11) is 0. The lowest BCUT2D eigenvalue weighted by Gasteiger charge is -2.15. The van der Waals surface area contributed by atoms with Gasteiger partial charge in [-0.15, -0.1) is 0 Å². The average molecular weight is 264 g/mol. The molecule has 19 heavy (non-hydrogen) atoms. The van der Waals surface area contributed by atoms with Crippen LogP contribution >= 0.6 is 0 Å². The Hall–Kier alpha value is -2.04. The molecule has 5 heteroatoms. The van der Waals surface area contributed by atoms with Gasteiger partial charge in [-0.25, -0.2) is 0 Å². The number of rotatable bonds is 0. The van der Waals surface area contributed by atoms with Crippen LogP contribution in [0.25, 0.3) is 10.8 Å². The number of anilines is 1. The lowest BCUT2D eigenvalue weighted by atomic mass is 10.0. The largest absolute Gasteiger partial charge is 0.433 e. The van der Waals surface area contributed by atoms with Gasteiger partial charge in [0, 0.05) is 17.5 Å². The SMILES string of the molecule is FC(F)(F)C1=NCCNc2c1ccc1ccccc21. The van der Waals surface area contributed by atoms with Crippen molar-refractivity contribution in [2.45, 2.75) is 6.18 Å². The van der Waals surface area contributed by atoms with Gasteiger partial charge in [0.15, 0.2) is 0 Å². The van der Waals surface area contributed by atoms with Gasteiger partial charge in [0.25, 0.3) is 0 Å². The Labute approximate surface area is 108 Å². The first-order valence-electron chi connectivity index (χ1n) is 5.95. The maximum atomic E-state index is 13.0. The van der Waals surface area contributed by atoms with Gasteiger partial charge >= 0.3 is 6.18 Å². The average Bonchev–Trinajstić information content (AvgIpc) is 2.60. The number of alkyl halides is 3. The fraction of sp³-hybridized carbons (Fsp3) is 0.214. The van der Waals surface area contributed by atoms with Crippen LogP contribution in [0.2, 0.25) is 0 Å². The monoisotopic (exact) mass is 264 g/mol. The van der Waals surface area contributed by atoms with Crippen molar-refractivity contribution in [3.63, 3.8) is 0 Å². The van der Waals surface area contributed by atoms with E-state index >= 15 is 0 Å². The molecule has 1 N–H and O–H groups in total. The highest BCUT2D eigenvalue weighted by molar-refractivity contribution is 6.14. The van der Waals surface area contributed by atoms with Crippen LogP contribution < -0.4 is 5.32 Å². The minimum atomic E-state index is -4.43. The Kier molecular flexibility index (Phi) is 2.69. The minimum absolute atomic E-state index is 0.123. The molecule has 0 aromatic heterocycles. The predicted molar refractivity (Wildman–Crippen MR) is 69.9 cm³/mol. The highest BCUT2D eigenvalue weighted by Gasteiger charge is 2.38. The van der Waals surface area contributed by atoms with E-state index in [9.17, 15) is 13.2 Å². The first kappa shape index (κ1) is 12.0. The van der Waals surface area contributed by atoms with Gasteiger partial charge in [-0.05, 0) is 5.39 Å². The molecule has 2 aromatic carbocycles. The number of nitrogens with one attached hydrogen (secondary N) is 1. The Morgan fingerprint density at radius 3 is 2.63 bits per heavy atom. The normalized spacial score (nSPS) is 15.4. The van der Waals surface area contributed by atoms with Crippen LogP contribution in [0.4, 0.5) is 18.9 Å². The smallest absolute Gasteiger partial charge is 0.382 e. The van der Waals surface area contributed by atoms with Crippen molar-refractivity contribution in [3.8, 4) is 0 Å². The van der Waals surface area contributed by atoms with Gasteiger partial charge in [0.1, 0.15) is 5.71 Å². The van der Waals surface area contributed by atoms with Gasteiger partial charge < -0.3 is 5.32 Å². The summed E-state index contributed by atoms with van der Waals surface area (Å²) in [5.74, 6) is 0. The lowest BCUT2D eigenvalue weighted by Crippen LogP contribution is -2.24. The van der Waals surface area contributed by atoms with Gasteiger partial charge in [-0.1, -0.05) is 36.4 Å². The van der Waals surface area contributed by atoms with E-state index < -0.39 is 11.9 Å². The molecular weight excluding hydrogens is 253 g/mol. The third-order valence-electron chi connectivity index (χ3n) is 3.14. The lowest BCUT2D eigenvalue weighted by molar-refractivity contribution is -0.0581. The zero-order valence-electron chi connectivity index (χ0n) is 9.96. The topological polar surface area (TPSA) is 24.4 Å². The van der Waals surface area contributed by atoms with Crippen molar-refractivity contribution < 1.29 is 13.2 Å². The fourth-order valence-corrected chi connectivity index (χ4v) is 2.34. The molecule has 0 saturated carbocycles. The summed E-state index contributed by atoms with van der Waals surface area (Å²) in [6.45, 7) is 0.526. The van der Waals surface area contributed by atoms with Crippen LogP contribution in [0.1, 0.15) is 5.56 Å². The molecular formula is C14H11F3N2. The molecule has 1 aliphatic rings. The summed E-state index contributed by atoms with van der Waals surface area (Å²) in [4.78, 5) is 3.67. The second-order valence-electron chi connectivity index (χ2n) is 4.36. The number of hydrogen-bond acceptors (Lipinski definition) is 2. The van der Waals surface area contributed by atoms with Crippen LogP contribution in [0.3, 0.4) is 0 Å². The van der Waals surface area contributed by atoms with Gasteiger partial charge in [0.2, 0.25) is 0 Å². The number of fused-ring (bicyclic) bond motifs is 3. The highest BCUT2D eigenvalue weighted by atomic mass is 19.4. The van der Waals surface area contributed by atoms with Crippen molar-refractivity contribution in [1.29, 1.82) is 0 Å². The molecule has 0 amide bonds. The number of aliphatic imine (C=N–C) groups is 1. The van der Waals surface area contributed by atoms with Gasteiger partial charge in [-0.2, -0.15) is 13.2 Å². The van der Waals surface area contributed by atoms with Crippen LogP contribution in [-0.2, 0) is 0 Å². The van der Waals surface area contributed by atoms with E-state index in [1.54, 1.807) is 6.07 Å². The van der Waals surface area contributed by atoms with Crippen LogP contribution in [-0.4, -0.2) is 25.0 Å². The van der Waals surface area contributed by atoms with Crippen molar-refractivity contribution in [1.82, 2.24) is 0 Å². The third-order valence-corrected chi connectivity index (χ3v) is 3.14. The molecule has 1 heterocycles. The van der Waals surface area contributed by atoms with Gasteiger partial charge in [-0.3, -0.25) is 4.99 Å². The summed E-state index contributed by atoms with van der Waals surface area (Å²) < 4.78 is 39.1. The van der Waals surface area contributed by atoms with Crippen molar-refractivity contribution in [2.75, 3.05) is 18.4 Å². The van der Waals surface area contributed by atoms with Crippen molar-refractivity contribution in [2.24, 2.45) is 4.99 Å². The molecule has 0 fully saturated rings. The van der Waals surface area contributed by atoms with E-state index in [0.717, 1.165) is 10.8 Å². The molecule has 3 rings (SSSR count). The van der Waals surface area contributed by atoms with E-state index in [-0.39, 0.29) is 12.1 Å². The summed E-state index contributed by atoms with van der Waals surface area (Å²) in [6.07, 6.45) is -4.43. The minimum Gasteiger partial charge on any atom is -0.382 e. The molecule has 0 unspecified atom stereocenters. The molecule has 2 aromatic rings. The summed E-state index contributed by atoms with van der Waals surface area (Å²) >= 11 is 0. The van der Waals surface area contributed by atoms with E-state index in [4.69, 9.17) is 0 Å². The van der Waals surface area contributed by atoms with Crippen molar-refractivity contribution >= 4 is 22.2 Å². The Morgan fingerprint density at radius 2 is 1.84 bits per heavy atom. The van der Waals surface area contributed by atoms with E-state index in [0.29, 0.717) is 12.2 Å². The van der Waals surface area contributed by atoms with Gasteiger partial charge in [0.05, 0.1) is 12.2 Å². The Morgan fingerprint density at radius 1 is 1.05 bits per heavy atom. The van der Waals surface area contributed by atoms with E-state index in [2.05, 4.69) is 10.3 Å². The second kappa shape index (κ2) is 4.26. The fourth-order valence-electron chi connectivity index (χ4n) is 2.34. The predicted octanol–water partition coefficient (Wildman–Crippen LogP) is 3.62. The van der Waals surface area contributed by atoms with E-state index in [1.807, 2.05) is 24.3 Å². The van der Waals surface area contributed by atoms with E-state index in [1.165, 1.54) is 6.07 Å². The maximum absolute atomic E-state index is 13.0. The molecule has 2 nitrogen and oxygen atoms in total. The number of nitrogens with zero attached hydrogens (tertiary/aromatic N) is 1. The highest BCUT2D eigenvalue weighted by Crippen LogP contribution is 2.33. The van der Waals surface area contributed by atoms with Crippen LogP contribution in [0.15, 0.2) is 41.4 Å². The zero-order valence-corrected chi connectivity index (χ0v) is 9.96. The second-order valence-corrected chi connectivity index (χ2v) is 4.36. The molecule has 0 spiro atoms. The van der Waals surface area contributed by atoms with Crippen LogP contribution in [0, 0.1) is 0 Å². The summed E-state index contributed by atoms with van der Waals surface area (Å²) in [5.41, 5.74) is -0.145.